The molecule has 4 heteroatoms. The van der Waals surface area contributed by atoms with Gasteiger partial charge in [0.25, 0.3) is 0 Å². The number of benzene rings is 1. The number of aliphatic hydroxyl groups excluding tert-OH is 1. The molecule has 17 heavy (non-hydrogen) atoms. The fourth-order valence-electron chi connectivity index (χ4n) is 1.67. The van der Waals surface area contributed by atoms with Crippen LogP contribution in [-0.4, -0.2) is 11.2 Å². The van der Waals surface area contributed by atoms with E-state index in [1.807, 2.05) is 0 Å². The number of hydrogen-bond donors (Lipinski definition) is 2. The van der Waals surface area contributed by atoms with Gasteiger partial charge in [-0.1, -0.05) is 29.8 Å². The maximum Gasteiger partial charge on any atom is 0.124 e. The van der Waals surface area contributed by atoms with Gasteiger partial charge in [-0.25, -0.2) is 4.39 Å². The van der Waals surface area contributed by atoms with Crippen LogP contribution in [0.5, 0.6) is 0 Å². The monoisotopic (exact) mass is 303 g/mol. The van der Waals surface area contributed by atoms with Crippen molar-refractivity contribution in [1.29, 1.82) is 0 Å². The Bertz CT molecular complexity index is 350. The van der Waals surface area contributed by atoms with Gasteiger partial charge in [0.05, 0.1) is 12.1 Å². The zero-order valence-electron chi connectivity index (χ0n) is 10.2. The van der Waals surface area contributed by atoms with Crippen LogP contribution in [0.25, 0.3) is 0 Å². The molecule has 1 aromatic rings. The van der Waals surface area contributed by atoms with Gasteiger partial charge >= 0.3 is 0 Å². The van der Waals surface area contributed by atoms with Gasteiger partial charge in [0.1, 0.15) is 5.82 Å². The molecule has 0 unspecified atom stereocenters. The molecule has 2 nitrogen and oxygen atoms in total. The molecular weight excluding hydrogens is 285 g/mol. The first-order valence-corrected chi connectivity index (χ1v) is 6.59. The number of halogens is 2. The second-order valence-electron chi connectivity index (χ2n) is 4.77. The lowest BCUT2D eigenvalue weighted by molar-refractivity contribution is 0.128. The molecule has 0 saturated heterocycles. The van der Waals surface area contributed by atoms with E-state index in [4.69, 9.17) is 5.73 Å². The quantitative estimate of drug-likeness (QED) is 0.876. The fraction of sp³-hybridized carbons (Fsp3) is 0.538. The molecule has 1 aromatic carbocycles. The normalized spacial score (nSPS) is 15.0. The topological polar surface area (TPSA) is 46.2 Å². The Kier molecular flexibility index (Phi) is 5.56. The number of rotatable bonds is 5. The average molecular weight is 304 g/mol. The summed E-state index contributed by atoms with van der Waals surface area (Å²) in [6.45, 7) is 4.19. The molecule has 0 saturated carbocycles. The van der Waals surface area contributed by atoms with Crippen molar-refractivity contribution in [2.75, 3.05) is 0 Å². The summed E-state index contributed by atoms with van der Waals surface area (Å²) in [5.41, 5.74) is 6.54. The number of aliphatic hydroxyl groups is 1. The van der Waals surface area contributed by atoms with E-state index >= 15 is 0 Å². The van der Waals surface area contributed by atoms with E-state index in [9.17, 15) is 9.50 Å². The first-order valence-electron chi connectivity index (χ1n) is 5.79. The Morgan fingerprint density at radius 3 is 2.47 bits per heavy atom. The highest BCUT2D eigenvalue weighted by Crippen LogP contribution is 2.23. The zero-order valence-corrected chi connectivity index (χ0v) is 11.7. The molecule has 0 aliphatic heterocycles. The molecule has 0 aliphatic carbocycles. The van der Waals surface area contributed by atoms with E-state index in [1.165, 1.54) is 12.1 Å². The Balaban J connectivity index is 2.70. The lowest BCUT2D eigenvalue weighted by atomic mass is 9.96. The van der Waals surface area contributed by atoms with Crippen molar-refractivity contribution in [2.24, 2.45) is 11.7 Å². The van der Waals surface area contributed by atoms with E-state index in [2.05, 4.69) is 29.8 Å². The Morgan fingerprint density at radius 1 is 1.29 bits per heavy atom. The molecule has 2 atom stereocenters. The molecular formula is C13H19BrFNO. The smallest absolute Gasteiger partial charge is 0.124 e. The maximum atomic E-state index is 13.2. The van der Waals surface area contributed by atoms with Crippen LogP contribution in [0.3, 0.4) is 0 Å². The largest absolute Gasteiger partial charge is 0.391 e. The van der Waals surface area contributed by atoms with Gasteiger partial charge in [-0.05, 0) is 42.5 Å². The number of nitrogens with two attached hydrogens (primary N) is 1. The van der Waals surface area contributed by atoms with Gasteiger partial charge in [0, 0.05) is 4.47 Å². The van der Waals surface area contributed by atoms with Crippen LogP contribution in [0, 0.1) is 11.7 Å². The van der Waals surface area contributed by atoms with Crippen molar-refractivity contribution in [3.8, 4) is 0 Å². The van der Waals surface area contributed by atoms with Gasteiger partial charge in [0.15, 0.2) is 0 Å². The van der Waals surface area contributed by atoms with Crippen molar-refractivity contribution >= 4 is 15.9 Å². The van der Waals surface area contributed by atoms with Crippen LogP contribution >= 0.6 is 15.9 Å². The van der Waals surface area contributed by atoms with Crippen molar-refractivity contribution in [3.63, 3.8) is 0 Å². The highest BCUT2D eigenvalue weighted by Gasteiger charge is 2.18. The SMILES string of the molecule is CC(C)CC[C@@H](O)[C@@H](N)c1cc(F)cc(Br)c1. The molecule has 0 radical (unpaired) electrons. The summed E-state index contributed by atoms with van der Waals surface area (Å²) in [6.07, 6.45) is 0.907. The van der Waals surface area contributed by atoms with Crippen molar-refractivity contribution < 1.29 is 9.50 Å². The van der Waals surface area contributed by atoms with Crippen molar-refractivity contribution in [1.82, 2.24) is 0 Å². The van der Waals surface area contributed by atoms with E-state index in [0.717, 1.165) is 6.42 Å². The van der Waals surface area contributed by atoms with Crippen LogP contribution in [-0.2, 0) is 0 Å². The van der Waals surface area contributed by atoms with E-state index < -0.39 is 12.1 Å². The van der Waals surface area contributed by atoms with E-state index in [1.54, 1.807) is 6.07 Å². The predicted molar refractivity (Wildman–Crippen MR) is 71.1 cm³/mol. The van der Waals surface area contributed by atoms with Crippen LogP contribution in [0.4, 0.5) is 4.39 Å². The molecule has 0 bridgehead atoms. The fourth-order valence-corrected chi connectivity index (χ4v) is 2.16. The van der Waals surface area contributed by atoms with Gasteiger partial charge in [-0.3, -0.25) is 0 Å². The highest BCUT2D eigenvalue weighted by molar-refractivity contribution is 9.10. The van der Waals surface area contributed by atoms with Crippen molar-refractivity contribution in [2.45, 2.75) is 38.8 Å². The molecule has 0 amide bonds. The van der Waals surface area contributed by atoms with Crippen LogP contribution < -0.4 is 5.73 Å². The number of hydrogen-bond acceptors (Lipinski definition) is 2. The van der Waals surface area contributed by atoms with E-state index in [0.29, 0.717) is 22.4 Å². The van der Waals surface area contributed by atoms with Gasteiger partial charge < -0.3 is 10.8 Å². The highest BCUT2D eigenvalue weighted by atomic mass is 79.9. The molecule has 0 aliphatic rings. The molecule has 3 N–H and O–H groups in total. The summed E-state index contributed by atoms with van der Waals surface area (Å²) in [5.74, 6) is 0.178. The summed E-state index contributed by atoms with van der Waals surface area (Å²) >= 11 is 3.22. The third-order valence-corrected chi connectivity index (χ3v) is 3.18. The van der Waals surface area contributed by atoms with Crippen LogP contribution in [0.1, 0.15) is 38.3 Å². The maximum absolute atomic E-state index is 13.2. The summed E-state index contributed by atoms with van der Waals surface area (Å²) in [6, 6.07) is 3.94. The second kappa shape index (κ2) is 6.47. The van der Waals surface area contributed by atoms with Gasteiger partial charge in [-0.15, -0.1) is 0 Å². The summed E-state index contributed by atoms with van der Waals surface area (Å²) in [7, 11) is 0. The minimum Gasteiger partial charge on any atom is -0.391 e. The standard InChI is InChI=1S/C13H19BrFNO/c1-8(2)3-4-12(17)13(16)9-5-10(14)7-11(15)6-9/h5-8,12-13,17H,3-4,16H2,1-2H3/t12-,13+/m1/s1. The molecule has 96 valence electrons. The summed E-state index contributed by atoms with van der Waals surface area (Å²) in [4.78, 5) is 0. The molecule has 0 spiro atoms. The minimum atomic E-state index is -0.633. The lowest BCUT2D eigenvalue weighted by Gasteiger charge is -2.20. The average Bonchev–Trinajstić information content (AvgIpc) is 2.23. The Labute approximate surface area is 110 Å². The zero-order chi connectivity index (χ0) is 13.0. The second-order valence-corrected chi connectivity index (χ2v) is 5.68. The predicted octanol–water partition coefficient (Wildman–Crippen LogP) is 3.39. The first-order chi connectivity index (χ1) is 7.90. The van der Waals surface area contributed by atoms with Crippen LogP contribution in [0.2, 0.25) is 0 Å². The summed E-state index contributed by atoms with van der Waals surface area (Å²) in [5, 5.41) is 9.94. The first kappa shape index (κ1) is 14.6. The minimum absolute atomic E-state index is 0.346. The molecule has 0 heterocycles. The molecule has 0 aromatic heterocycles. The third kappa shape index (κ3) is 4.74. The Morgan fingerprint density at radius 2 is 1.94 bits per heavy atom. The third-order valence-electron chi connectivity index (χ3n) is 2.72. The van der Waals surface area contributed by atoms with E-state index in [-0.39, 0.29) is 5.82 Å². The lowest BCUT2D eigenvalue weighted by Crippen LogP contribution is -2.26. The molecule has 0 fully saturated rings. The van der Waals surface area contributed by atoms with Crippen LogP contribution in [0.15, 0.2) is 22.7 Å². The van der Waals surface area contributed by atoms with Gasteiger partial charge in [0.2, 0.25) is 0 Å². The Hall–Kier alpha value is -0.450. The van der Waals surface area contributed by atoms with Crippen molar-refractivity contribution in [3.05, 3.63) is 34.1 Å². The molecule has 1 rings (SSSR count). The van der Waals surface area contributed by atoms with Gasteiger partial charge in [-0.2, -0.15) is 0 Å². The summed E-state index contributed by atoms with van der Waals surface area (Å²) < 4.78 is 13.8.